The lowest BCUT2D eigenvalue weighted by molar-refractivity contribution is -0.118. The molecule has 0 saturated carbocycles. The van der Waals surface area contributed by atoms with Gasteiger partial charge in [-0.25, -0.2) is 4.39 Å². The maximum atomic E-state index is 16.4. The molecule has 1 aliphatic rings. The van der Waals surface area contributed by atoms with Crippen LogP contribution in [-0.4, -0.2) is 79.6 Å². The van der Waals surface area contributed by atoms with E-state index in [-0.39, 0.29) is 16.5 Å². The van der Waals surface area contributed by atoms with Gasteiger partial charge in [-0.05, 0) is 42.9 Å². The highest BCUT2D eigenvalue weighted by Gasteiger charge is 2.25. The van der Waals surface area contributed by atoms with Crippen molar-refractivity contribution < 1.29 is 13.9 Å². The van der Waals surface area contributed by atoms with Crippen LogP contribution in [0.4, 0.5) is 10.2 Å². The minimum absolute atomic E-state index is 0.129. The van der Waals surface area contributed by atoms with E-state index in [2.05, 4.69) is 14.9 Å². The topological polar surface area (TPSA) is 61.8 Å². The summed E-state index contributed by atoms with van der Waals surface area (Å²) in [6.45, 7) is 3.50. The molecule has 37 heavy (non-hydrogen) atoms. The summed E-state index contributed by atoms with van der Waals surface area (Å²) in [5.74, 6) is 0.0515. The standard InChI is InChI=1S/C28H29ClFN5O2/c1-33(2)11-6-16-37-28-31-26-22(27(32-28)35-14-12-34(18-36)13-15-35)17-23(29)24(25(26)30)21-10-5-8-19-7-3-4-9-20(19)21/h3-5,7-10,17-18H,6,11-16H2,1-2H3. The summed E-state index contributed by atoms with van der Waals surface area (Å²) in [5.41, 5.74) is 1.17. The Morgan fingerprint density at radius 2 is 1.81 bits per heavy atom. The van der Waals surface area contributed by atoms with Crippen molar-refractivity contribution in [1.82, 2.24) is 19.8 Å². The highest BCUT2D eigenvalue weighted by atomic mass is 35.5. The van der Waals surface area contributed by atoms with Crippen molar-refractivity contribution in [3.63, 3.8) is 0 Å². The summed E-state index contributed by atoms with van der Waals surface area (Å²) < 4.78 is 22.3. The SMILES string of the molecule is CN(C)CCCOc1nc(N2CCN(C=O)CC2)c2cc(Cl)c(-c3cccc4ccccc34)c(F)c2n1. The van der Waals surface area contributed by atoms with Crippen LogP contribution in [0.25, 0.3) is 32.8 Å². The molecule has 0 spiro atoms. The minimum atomic E-state index is -0.507. The Balaban J connectivity index is 1.63. The van der Waals surface area contributed by atoms with Crippen molar-refractivity contribution in [3.05, 3.63) is 59.4 Å². The van der Waals surface area contributed by atoms with Gasteiger partial charge in [0.15, 0.2) is 5.82 Å². The van der Waals surface area contributed by atoms with Crippen molar-refractivity contribution >= 4 is 45.5 Å². The molecule has 1 aliphatic heterocycles. The number of piperazine rings is 1. The van der Waals surface area contributed by atoms with Crippen molar-refractivity contribution in [2.45, 2.75) is 6.42 Å². The molecule has 1 amide bonds. The van der Waals surface area contributed by atoms with E-state index in [1.807, 2.05) is 61.5 Å². The second-order valence-corrected chi connectivity index (χ2v) is 9.84. The molecule has 0 atom stereocenters. The molecule has 3 aromatic carbocycles. The van der Waals surface area contributed by atoms with Crippen LogP contribution in [0.5, 0.6) is 6.01 Å². The number of benzene rings is 3. The van der Waals surface area contributed by atoms with E-state index in [1.165, 1.54) is 0 Å². The van der Waals surface area contributed by atoms with E-state index in [4.69, 9.17) is 16.3 Å². The second kappa shape index (κ2) is 10.9. The Morgan fingerprint density at radius 1 is 1.05 bits per heavy atom. The van der Waals surface area contributed by atoms with Crippen molar-refractivity contribution in [3.8, 4) is 17.1 Å². The zero-order chi connectivity index (χ0) is 25.9. The molecular weight excluding hydrogens is 493 g/mol. The average molecular weight is 522 g/mol. The van der Waals surface area contributed by atoms with Gasteiger partial charge in [0.2, 0.25) is 6.41 Å². The predicted octanol–water partition coefficient (Wildman–Crippen LogP) is 4.85. The van der Waals surface area contributed by atoms with Gasteiger partial charge in [0.05, 0.1) is 11.6 Å². The van der Waals surface area contributed by atoms with E-state index in [1.54, 1.807) is 11.0 Å². The number of aromatic nitrogens is 2. The van der Waals surface area contributed by atoms with Gasteiger partial charge >= 0.3 is 6.01 Å². The third kappa shape index (κ3) is 5.17. The molecule has 0 N–H and O–H groups in total. The molecule has 9 heteroatoms. The van der Waals surface area contributed by atoms with Crippen LogP contribution in [0.15, 0.2) is 48.5 Å². The molecule has 7 nitrogen and oxygen atoms in total. The van der Waals surface area contributed by atoms with Gasteiger partial charge < -0.3 is 19.4 Å². The lowest BCUT2D eigenvalue weighted by Crippen LogP contribution is -2.46. The largest absolute Gasteiger partial charge is 0.463 e. The molecule has 0 unspecified atom stereocenters. The number of carbonyl (C=O) groups is 1. The normalized spacial score (nSPS) is 14.1. The third-order valence-corrected chi connectivity index (χ3v) is 6.94. The Morgan fingerprint density at radius 3 is 2.57 bits per heavy atom. The summed E-state index contributed by atoms with van der Waals surface area (Å²) in [4.78, 5) is 26.2. The maximum absolute atomic E-state index is 16.4. The van der Waals surface area contributed by atoms with Crippen LogP contribution in [0.1, 0.15) is 6.42 Å². The van der Waals surface area contributed by atoms with Crippen LogP contribution < -0.4 is 9.64 Å². The maximum Gasteiger partial charge on any atom is 0.319 e. The molecule has 0 aliphatic carbocycles. The molecule has 1 fully saturated rings. The third-order valence-electron chi connectivity index (χ3n) is 6.64. The van der Waals surface area contributed by atoms with Crippen molar-refractivity contribution in [1.29, 1.82) is 0 Å². The summed E-state index contributed by atoms with van der Waals surface area (Å²) in [6, 6.07) is 15.5. The summed E-state index contributed by atoms with van der Waals surface area (Å²) in [5, 5.41) is 2.71. The van der Waals surface area contributed by atoms with Gasteiger partial charge in [-0.1, -0.05) is 54.1 Å². The molecule has 5 rings (SSSR count). The Labute approximate surface area is 220 Å². The van der Waals surface area contributed by atoms with E-state index in [9.17, 15) is 4.79 Å². The highest BCUT2D eigenvalue weighted by Crippen LogP contribution is 2.41. The molecule has 0 radical (unpaired) electrons. The number of hydrogen-bond donors (Lipinski definition) is 0. The quantitative estimate of drug-likeness (QED) is 0.244. The first kappa shape index (κ1) is 25.2. The first-order valence-electron chi connectivity index (χ1n) is 12.4. The number of halogens is 2. The van der Waals surface area contributed by atoms with Gasteiger partial charge in [0, 0.05) is 43.7 Å². The summed E-state index contributed by atoms with van der Waals surface area (Å²) in [7, 11) is 4.00. The molecule has 4 aromatic rings. The van der Waals surface area contributed by atoms with Gasteiger partial charge in [-0.3, -0.25) is 4.79 Å². The van der Waals surface area contributed by atoms with Gasteiger partial charge in [0.1, 0.15) is 11.3 Å². The van der Waals surface area contributed by atoms with Gasteiger partial charge in [0.25, 0.3) is 0 Å². The second-order valence-electron chi connectivity index (χ2n) is 9.43. The predicted molar refractivity (Wildman–Crippen MR) is 146 cm³/mol. The molecule has 1 saturated heterocycles. The molecular formula is C28H29ClFN5O2. The van der Waals surface area contributed by atoms with E-state index in [0.29, 0.717) is 55.1 Å². The molecule has 0 bridgehead atoms. The monoisotopic (exact) mass is 521 g/mol. The van der Waals surface area contributed by atoms with Crippen LogP contribution in [0.2, 0.25) is 5.02 Å². The molecule has 1 aromatic heterocycles. The highest BCUT2D eigenvalue weighted by molar-refractivity contribution is 6.35. The number of nitrogens with zero attached hydrogens (tertiary/aromatic N) is 5. The van der Waals surface area contributed by atoms with Crippen LogP contribution in [-0.2, 0) is 4.79 Å². The Hall–Kier alpha value is -3.49. The van der Waals surface area contributed by atoms with Gasteiger partial charge in [-0.2, -0.15) is 9.97 Å². The Bertz CT molecular complexity index is 1430. The number of rotatable bonds is 8. The average Bonchev–Trinajstić information content (AvgIpc) is 2.91. The lowest BCUT2D eigenvalue weighted by Gasteiger charge is -2.34. The fourth-order valence-electron chi connectivity index (χ4n) is 4.74. The fourth-order valence-corrected chi connectivity index (χ4v) is 5.03. The zero-order valence-electron chi connectivity index (χ0n) is 21.0. The number of carbonyl (C=O) groups excluding carboxylic acids is 1. The van der Waals surface area contributed by atoms with Crippen molar-refractivity contribution in [2.75, 3.05) is 58.3 Å². The summed E-state index contributed by atoms with van der Waals surface area (Å²) >= 11 is 6.77. The van der Waals surface area contributed by atoms with E-state index < -0.39 is 5.82 Å². The van der Waals surface area contributed by atoms with Crippen LogP contribution in [0.3, 0.4) is 0 Å². The van der Waals surface area contributed by atoms with Crippen LogP contribution in [0, 0.1) is 5.82 Å². The van der Waals surface area contributed by atoms with Crippen LogP contribution >= 0.6 is 11.6 Å². The lowest BCUT2D eigenvalue weighted by atomic mass is 9.96. The first-order valence-corrected chi connectivity index (χ1v) is 12.7. The van der Waals surface area contributed by atoms with Gasteiger partial charge in [-0.15, -0.1) is 0 Å². The number of anilines is 1. The number of fused-ring (bicyclic) bond motifs is 2. The fraction of sp³-hybridized carbons (Fsp3) is 0.321. The Kier molecular flexibility index (Phi) is 7.39. The smallest absolute Gasteiger partial charge is 0.319 e. The summed E-state index contributed by atoms with van der Waals surface area (Å²) in [6.07, 6.45) is 1.63. The number of hydrogen-bond acceptors (Lipinski definition) is 6. The number of amides is 1. The van der Waals surface area contributed by atoms with E-state index in [0.717, 1.165) is 30.1 Å². The minimum Gasteiger partial charge on any atom is -0.463 e. The van der Waals surface area contributed by atoms with E-state index >= 15 is 4.39 Å². The number of ether oxygens (including phenoxy) is 1. The molecule has 2 heterocycles. The molecule has 192 valence electrons. The van der Waals surface area contributed by atoms with Crippen molar-refractivity contribution in [2.24, 2.45) is 0 Å². The first-order chi connectivity index (χ1) is 18.0. The zero-order valence-corrected chi connectivity index (χ0v) is 21.7.